The van der Waals surface area contributed by atoms with Gasteiger partial charge in [-0.3, -0.25) is 9.69 Å². The maximum Gasteiger partial charge on any atom is 0.326 e. The lowest BCUT2D eigenvalue weighted by Gasteiger charge is -2.29. The second-order valence-electron chi connectivity index (χ2n) is 10.7. The molecule has 0 amide bonds. The quantitative estimate of drug-likeness (QED) is 0.264. The highest BCUT2D eigenvalue weighted by Gasteiger charge is 2.51. The summed E-state index contributed by atoms with van der Waals surface area (Å²) in [6.07, 6.45) is 3.88. The molecule has 1 saturated heterocycles. The number of methoxy groups -OCH3 is 1. The summed E-state index contributed by atoms with van der Waals surface area (Å²) in [5, 5.41) is 10.6. The summed E-state index contributed by atoms with van der Waals surface area (Å²) in [7, 11) is -2.82. The van der Waals surface area contributed by atoms with E-state index in [0.717, 1.165) is 63.3 Å². The van der Waals surface area contributed by atoms with Crippen LogP contribution >= 0.6 is 0 Å². The Balaban J connectivity index is 1.85. The lowest BCUT2D eigenvalue weighted by Crippen LogP contribution is -2.48. The minimum Gasteiger partial charge on any atom is -0.497 e. The predicted octanol–water partition coefficient (Wildman–Crippen LogP) is 5.33. The molecule has 2 aromatic carbocycles. The molecular weight excluding hydrogens is 542 g/mol. The normalized spacial score (nSPS) is 16.1. The molecule has 1 atom stereocenters. The van der Waals surface area contributed by atoms with Gasteiger partial charge in [-0.1, -0.05) is 29.4 Å². The number of sulfone groups is 1. The van der Waals surface area contributed by atoms with Gasteiger partial charge < -0.3 is 19.3 Å². The van der Waals surface area contributed by atoms with Gasteiger partial charge in [0, 0.05) is 26.1 Å². The van der Waals surface area contributed by atoms with Crippen LogP contribution < -0.4 is 9.47 Å². The van der Waals surface area contributed by atoms with Gasteiger partial charge in [0.15, 0.2) is 14.6 Å². The fourth-order valence-electron chi connectivity index (χ4n) is 4.80. The molecule has 3 rings (SSSR count). The maximum absolute atomic E-state index is 14.1. The molecule has 1 aliphatic heterocycles. The Labute approximate surface area is 244 Å². The number of ether oxygens (including phenoxy) is 3. The van der Waals surface area contributed by atoms with Crippen LogP contribution in [0.1, 0.15) is 45.1 Å². The van der Waals surface area contributed by atoms with Crippen LogP contribution in [-0.4, -0.2) is 75.7 Å². The van der Waals surface area contributed by atoms with Crippen molar-refractivity contribution >= 4 is 15.8 Å². The molecule has 1 N–H and O–H groups in total. The Morgan fingerprint density at radius 2 is 1.68 bits per heavy atom. The van der Waals surface area contributed by atoms with Crippen LogP contribution in [0.2, 0.25) is 0 Å². The molecule has 1 unspecified atom stereocenters. The van der Waals surface area contributed by atoms with Gasteiger partial charge in [0.1, 0.15) is 18.1 Å². The van der Waals surface area contributed by atoms with Gasteiger partial charge in [-0.25, -0.2) is 8.42 Å². The third kappa shape index (κ3) is 8.92. The zero-order valence-corrected chi connectivity index (χ0v) is 25.3. The molecule has 0 radical (unpaired) electrons. The average molecular weight is 586 g/mol. The highest BCUT2D eigenvalue weighted by atomic mass is 32.2. The van der Waals surface area contributed by atoms with Gasteiger partial charge in [-0.05, 0) is 81.5 Å². The van der Waals surface area contributed by atoms with Gasteiger partial charge >= 0.3 is 5.97 Å². The number of carbonyl (C=O) groups is 1. The first-order valence-corrected chi connectivity index (χ1v) is 15.5. The molecule has 2 aromatic rings. The van der Waals surface area contributed by atoms with E-state index >= 15 is 0 Å². The number of nitrogens with zero attached hydrogens (tertiary/aromatic N) is 1. The van der Waals surface area contributed by atoms with Gasteiger partial charge in [0.2, 0.25) is 0 Å². The van der Waals surface area contributed by atoms with E-state index in [0.29, 0.717) is 23.7 Å². The fraction of sp³-hybridized carbons (Fsp3) is 0.469. The number of rotatable bonds is 16. The summed E-state index contributed by atoms with van der Waals surface area (Å²) >= 11 is 0. The molecule has 1 heterocycles. The highest BCUT2D eigenvalue weighted by molar-refractivity contribution is 7.93. The topological polar surface area (TPSA) is 102 Å². The summed E-state index contributed by atoms with van der Waals surface area (Å²) in [5.74, 6) is -0.248. The smallest absolute Gasteiger partial charge is 0.326 e. The first-order valence-electron chi connectivity index (χ1n) is 14.0. The Kier molecular flexibility index (Phi) is 12.0. The maximum atomic E-state index is 14.1. The summed E-state index contributed by atoms with van der Waals surface area (Å²) in [6, 6.07) is 12.9. The Morgan fingerprint density at radius 1 is 1.05 bits per heavy atom. The van der Waals surface area contributed by atoms with Crippen molar-refractivity contribution in [3.8, 4) is 11.5 Å². The SMILES string of the molecule is C=C(C)CCCC(C)=CCC(Cc1ccc(OCCN2CCOCC2)cc1)(C(=O)O)S(=O)(=O)c1ccc(OC)cc1. The Bertz CT molecular complexity index is 1280. The van der Waals surface area contributed by atoms with Gasteiger partial charge in [-0.15, -0.1) is 6.58 Å². The summed E-state index contributed by atoms with van der Waals surface area (Å²) < 4.78 is 42.5. The largest absolute Gasteiger partial charge is 0.497 e. The monoisotopic (exact) mass is 585 g/mol. The van der Waals surface area contributed by atoms with E-state index in [-0.39, 0.29) is 17.7 Å². The van der Waals surface area contributed by atoms with E-state index in [2.05, 4.69) is 11.5 Å². The molecule has 0 bridgehead atoms. The molecule has 8 nitrogen and oxygen atoms in total. The van der Waals surface area contributed by atoms with Crippen molar-refractivity contribution in [2.24, 2.45) is 0 Å². The van der Waals surface area contributed by atoms with Crippen molar-refractivity contribution in [1.29, 1.82) is 0 Å². The fourth-order valence-corrected chi connectivity index (χ4v) is 6.63. The number of morpholine rings is 1. The number of aliphatic carboxylic acids is 1. The zero-order valence-electron chi connectivity index (χ0n) is 24.4. The lowest BCUT2D eigenvalue weighted by atomic mass is 9.93. The second kappa shape index (κ2) is 15.2. The van der Waals surface area contributed by atoms with Crippen molar-refractivity contribution in [3.05, 3.63) is 77.9 Å². The highest BCUT2D eigenvalue weighted by Crippen LogP contribution is 2.35. The van der Waals surface area contributed by atoms with E-state index in [1.807, 2.05) is 13.8 Å². The van der Waals surface area contributed by atoms with Crippen LogP contribution in [0.3, 0.4) is 0 Å². The summed E-state index contributed by atoms with van der Waals surface area (Å²) in [6.45, 7) is 12.3. The van der Waals surface area contributed by atoms with Gasteiger partial charge in [-0.2, -0.15) is 0 Å². The third-order valence-corrected chi connectivity index (χ3v) is 9.83. The van der Waals surface area contributed by atoms with E-state index in [1.165, 1.54) is 31.4 Å². The second-order valence-corrected chi connectivity index (χ2v) is 12.9. The number of hydrogen-bond acceptors (Lipinski definition) is 7. The lowest BCUT2D eigenvalue weighted by molar-refractivity contribution is -0.140. The zero-order chi connectivity index (χ0) is 29.9. The molecule has 1 aliphatic rings. The molecule has 0 aromatic heterocycles. The summed E-state index contributed by atoms with van der Waals surface area (Å²) in [4.78, 5) is 15.2. The van der Waals surface area contributed by atoms with E-state index in [9.17, 15) is 18.3 Å². The number of carboxylic acid groups (broad SMARTS) is 1. The Morgan fingerprint density at radius 3 is 2.27 bits per heavy atom. The van der Waals surface area contributed by atoms with Crippen molar-refractivity contribution in [1.82, 2.24) is 4.90 Å². The molecule has 41 heavy (non-hydrogen) atoms. The molecule has 0 saturated carbocycles. The molecule has 1 fully saturated rings. The van der Waals surface area contributed by atoms with E-state index < -0.39 is 20.6 Å². The molecule has 0 spiro atoms. The van der Waals surface area contributed by atoms with Crippen LogP contribution in [-0.2, 0) is 25.8 Å². The predicted molar refractivity (Wildman–Crippen MR) is 160 cm³/mol. The van der Waals surface area contributed by atoms with Crippen LogP contribution in [0.4, 0.5) is 0 Å². The van der Waals surface area contributed by atoms with Gasteiger partial charge in [0.25, 0.3) is 0 Å². The number of allylic oxidation sites excluding steroid dienone is 3. The molecule has 224 valence electrons. The van der Waals surface area contributed by atoms with E-state index in [4.69, 9.17) is 14.2 Å². The average Bonchev–Trinajstić information content (AvgIpc) is 2.96. The molecule has 0 aliphatic carbocycles. The van der Waals surface area contributed by atoms with Crippen LogP contribution in [0.15, 0.2) is 77.2 Å². The molecule has 9 heteroatoms. The summed E-state index contributed by atoms with van der Waals surface area (Å²) in [5.41, 5.74) is 2.62. The first kappa shape index (κ1) is 32.4. The molecular formula is C32H43NO7S. The van der Waals surface area contributed by atoms with Crippen LogP contribution in [0, 0.1) is 0 Å². The number of benzene rings is 2. The number of hydrogen-bond donors (Lipinski definition) is 1. The van der Waals surface area contributed by atoms with Crippen molar-refractivity contribution in [2.75, 3.05) is 46.6 Å². The van der Waals surface area contributed by atoms with Crippen LogP contribution in [0.25, 0.3) is 0 Å². The first-order chi connectivity index (χ1) is 19.6. The minimum absolute atomic E-state index is 0.0582. The standard InChI is InChI=1S/C32H43NO7S/c1-25(2)6-5-7-26(3)16-17-32(31(34)35,41(36,37)30-14-12-28(38-4)13-15-30)24-27-8-10-29(11-9-27)40-23-20-33-18-21-39-22-19-33/h8-16H,1,5-7,17-24H2,2-4H3,(H,34,35). The van der Waals surface area contributed by atoms with Crippen LogP contribution in [0.5, 0.6) is 11.5 Å². The van der Waals surface area contributed by atoms with Crippen molar-refractivity contribution in [3.63, 3.8) is 0 Å². The van der Waals surface area contributed by atoms with Crippen molar-refractivity contribution < 1.29 is 32.5 Å². The van der Waals surface area contributed by atoms with Gasteiger partial charge in [0.05, 0.1) is 25.2 Å². The van der Waals surface area contributed by atoms with E-state index in [1.54, 1.807) is 30.3 Å². The number of carboxylic acids is 1. The van der Waals surface area contributed by atoms with Crippen molar-refractivity contribution in [2.45, 2.75) is 55.6 Å². The minimum atomic E-state index is -4.31. The third-order valence-electron chi connectivity index (χ3n) is 7.42. The Hall–Kier alpha value is -3.14.